The average Bonchev–Trinajstić information content (AvgIpc) is 3.31. The Hall–Kier alpha value is -3.26. The Morgan fingerprint density at radius 3 is 2.65 bits per heavy atom. The molecule has 3 aromatic rings. The number of nitrogens with two attached hydrogens (primary N) is 1. The Kier molecular flexibility index (Phi) is 5.99. The van der Waals surface area contributed by atoms with Gasteiger partial charge in [0.2, 0.25) is 0 Å². The summed E-state index contributed by atoms with van der Waals surface area (Å²) in [6.45, 7) is 4.46. The molecule has 0 aliphatic carbocycles. The largest absolute Gasteiger partial charge is 0.383 e. The highest BCUT2D eigenvalue weighted by molar-refractivity contribution is 7.13. The molecule has 1 aliphatic rings. The number of pyridine rings is 1. The number of amides is 2. The number of hydrogen-bond acceptors (Lipinski definition) is 6. The molecule has 0 spiro atoms. The van der Waals surface area contributed by atoms with E-state index in [1.807, 2.05) is 36.0 Å². The van der Waals surface area contributed by atoms with Crippen LogP contribution in [0.4, 0.5) is 11.5 Å². The number of aromatic nitrogens is 2. The van der Waals surface area contributed by atoms with Crippen molar-refractivity contribution < 1.29 is 9.59 Å². The van der Waals surface area contributed by atoms with E-state index in [1.165, 1.54) is 6.20 Å². The van der Waals surface area contributed by atoms with Gasteiger partial charge < -0.3 is 16.0 Å². The summed E-state index contributed by atoms with van der Waals surface area (Å²) in [4.78, 5) is 36.8. The molecule has 1 fully saturated rings. The highest BCUT2D eigenvalue weighted by Crippen LogP contribution is 2.35. The van der Waals surface area contributed by atoms with Crippen molar-refractivity contribution in [2.75, 3.05) is 17.6 Å². The number of likely N-dealkylation sites (tertiary alicyclic amines) is 1. The van der Waals surface area contributed by atoms with Crippen LogP contribution < -0.4 is 11.1 Å². The Labute approximate surface area is 185 Å². The van der Waals surface area contributed by atoms with E-state index < -0.39 is 11.8 Å². The third-order valence-electron chi connectivity index (χ3n) is 5.66. The van der Waals surface area contributed by atoms with Gasteiger partial charge >= 0.3 is 11.8 Å². The van der Waals surface area contributed by atoms with E-state index in [1.54, 1.807) is 29.2 Å². The van der Waals surface area contributed by atoms with Crippen LogP contribution >= 0.6 is 11.3 Å². The summed E-state index contributed by atoms with van der Waals surface area (Å²) in [6.07, 6.45) is 5.13. The van der Waals surface area contributed by atoms with Gasteiger partial charge in [-0.1, -0.05) is 31.2 Å². The minimum Gasteiger partial charge on any atom is -0.383 e. The topological polar surface area (TPSA) is 101 Å². The molecule has 1 saturated heterocycles. The average molecular weight is 436 g/mol. The standard InChI is InChI=1S/C23H25N5O2S/c1-14-3-8-19(16-4-6-17(7-5-16)20-11-25-13-31-20)28(12-14)23(30)22(29)27-18-9-15(2)21(24)26-10-18/h4-7,9-11,13-14,19H,3,8,12H2,1-2H3,(H2,24,26)(H,27,29). The van der Waals surface area contributed by atoms with Gasteiger partial charge in [0.1, 0.15) is 5.82 Å². The van der Waals surface area contributed by atoms with Crippen molar-refractivity contribution in [1.82, 2.24) is 14.9 Å². The Bertz CT molecular complexity index is 1080. The molecule has 31 heavy (non-hydrogen) atoms. The van der Waals surface area contributed by atoms with Gasteiger partial charge in [-0.05, 0) is 48.4 Å². The number of thiazole rings is 1. The molecule has 2 aromatic heterocycles. The van der Waals surface area contributed by atoms with E-state index in [-0.39, 0.29) is 6.04 Å². The quantitative estimate of drug-likeness (QED) is 0.605. The van der Waals surface area contributed by atoms with Crippen LogP contribution in [0.3, 0.4) is 0 Å². The van der Waals surface area contributed by atoms with Crippen LogP contribution in [0, 0.1) is 12.8 Å². The lowest BCUT2D eigenvalue weighted by Crippen LogP contribution is -2.46. The first kappa shape index (κ1) is 21.0. The van der Waals surface area contributed by atoms with Gasteiger partial charge in [-0.15, -0.1) is 11.3 Å². The van der Waals surface area contributed by atoms with Crippen molar-refractivity contribution in [2.45, 2.75) is 32.7 Å². The molecular weight excluding hydrogens is 410 g/mol. The van der Waals surface area contributed by atoms with E-state index in [0.717, 1.165) is 34.4 Å². The van der Waals surface area contributed by atoms with Crippen LogP contribution in [0.15, 0.2) is 48.2 Å². The number of hydrogen-bond donors (Lipinski definition) is 2. The smallest absolute Gasteiger partial charge is 0.313 e. The van der Waals surface area contributed by atoms with Crippen LogP contribution in [0.1, 0.15) is 36.9 Å². The third-order valence-corrected chi connectivity index (χ3v) is 6.48. The second-order valence-electron chi connectivity index (χ2n) is 8.02. The molecule has 1 aromatic carbocycles. The molecule has 8 heteroatoms. The first-order chi connectivity index (χ1) is 14.9. The maximum Gasteiger partial charge on any atom is 0.313 e. The lowest BCUT2D eigenvalue weighted by atomic mass is 9.89. The number of aryl methyl sites for hydroxylation is 1. The predicted molar refractivity (Wildman–Crippen MR) is 122 cm³/mol. The summed E-state index contributed by atoms with van der Waals surface area (Å²) in [6, 6.07) is 9.76. The van der Waals surface area contributed by atoms with Gasteiger partial charge in [0, 0.05) is 12.7 Å². The number of nitrogens with one attached hydrogen (secondary N) is 1. The first-order valence-corrected chi connectivity index (χ1v) is 11.1. The summed E-state index contributed by atoms with van der Waals surface area (Å²) in [5, 5.41) is 2.67. The van der Waals surface area contributed by atoms with Gasteiger partial charge in [-0.2, -0.15) is 0 Å². The van der Waals surface area contributed by atoms with Crippen LogP contribution in [-0.4, -0.2) is 33.2 Å². The molecule has 4 rings (SSSR count). The maximum atomic E-state index is 13.1. The van der Waals surface area contributed by atoms with Crippen LogP contribution in [0.2, 0.25) is 0 Å². The Balaban J connectivity index is 1.53. The zero-order valence-electron chi connectivity index (χ0n) is 17.5. The van der Waals surface area contributed by atoms with Crippen molar-refractivity contribution in [1.29, 1.82) is 0 Å². The van der Waals surface area contributed by atoms with Gasteiger partial charge in [0.25, 0.3) is 0 Å². The number of anilines is 2. The molecular formula is C23H25N5O2S. The first-order valence-electron chi connectivity index (χ1n) is 10.2. The second kappa shape index (κ2) is 8.85. The summed E-state index contributed by atoms with van der Waals surface area (Å²) in [5.74, 6) is -0.454. The zero-order valence-corrected chi connectivity index (χ0v) is 18.4. The van der Waals surface area contributed by atoms with E-state index >= 15 is 0 Å². The molecule has 2 unspecified atom stereocenters. The van der Waals surface area contributed by atoms with Crippen molar-refractivity contribution in [3.8, 4) is 10.4 Å². The Morgan fingerprint density at radius 2 is 1.97 bits per heavy atom. The Morgan fingerprint density at radius 1 is 1.19 bits per heavy atom. The van der Waals surface area contributed by atoms with Crippen LogP contribution in [-0.2, 0) is 9.59 Å². The summed E-state index contributed by atoms with van der Waals surface area (Å²) in [5.41, 5.74) is 10.9. The molecule has 0 radical (unpaired) electrons. The van der Waals surface area contributed by atoms with Crippen LogP contribution in [0.5, 0.6) is 0 Å². The molecule has 3 N–H and O–H groups in total. The van der Waals surface area contributed by atoms with Gasteiger partial charge in [0.05, 0.1) is 28.3 Å². The number of carbonyl (C=O) groups is 2. The van der Waals surface area contributed by atoms with Crippen LogP contribution in [0.25, 0.3) is 10.4 Å². The molecule has 160 valence electrons. The maximum absolute atomic E-state index is 13.1. The number of nitrogen functional groups attached to an aromatic ring is 1. The fraction of sp³-hybridized carbons (Fsp3) is 0.304. The number of carbonyl (C=O) groups excluding carboxylic acids is 2. The number of rotatable bonds is 3. The van der Waals surface area contributed by atoms with Crippen molar-refractivity contribution in [3.63, 3.8) is 0 Å². The SMILES string of the molecule is Cc1cc(NC(=O)C(=O)N2CC(C)CCC2c2ccc(-c3cncs3)cc2)cnc1N. The fourth-order valence-electron chi connectivity index (χ4n) is 3.92. The van der Waals surface area contributed by atoms with E-state index in [0.29, 0.717) is 24.0 Å². The lowest BCUT2D eigenvalue weighted by Gasteiger charge is -2.38. The van der Waals surface area contributed by atoms with E-state index in [2.05, 4.69) is 22.2 Å². The van der Waals surface area contributed by atoms with Gasteiger partial charge in [-0.3, -0.25) is 14.6 Å². The minimum atomic E-state index is -0.661. The highest BCUT2D eigenvalue weighted by atomic mass is 32.1. The third kappa shape index (κ3) is 4.59. The monoisotopic (exact) mass is 435 g/mol. The minimum absolute atomic E-state index is 0.128. The lowest BCUT2D eigenvalue weighted by molar-refractivity contribution is -0.146. The van der Waals surface area contributed by atoms with E-state index in [9.17, 15) is 9.59 Å². The molecule has 0 bridgehead atoms. The molecule has 3 heterocycles. The summed E-state index contributed by atoms with van der Waals surface area (Å²) >= 11 is 1.59. The van der Waals surface area contributed by atoms with Gasteiger partial charge in [0.15, 0.2) is 0 Å². The molecule has 2 atom stereocenters. The second-order valence-corrected chi connectivity index (χ2v) is 8.91. The van der Waals surface area contributed by atoms with E-state index in [4.69, 9.17) is 5.73 Å². The fourth-order valence-corrected chi connectivity index (χ4v) is 4.55. The van der Waals surface area contributed by atoms with Crippen molar-refractivity contribution in [3.05, 3.63) is 59.4 Å². The number of benzene rings is 1. The number of piperidine rings is 1. The van der Waals surface area contributed by atoms with Crippen molar-refractivity contribution in [2.24, 2.45) is 5.92 Å². The number of nitrogens with zero attached hydrogens (tertiary/aromatic N) is 3. The normalized spacial score (nSPS) is 18.6. The molecule has 0 saturated carbocycles. The summed E-state index contributed by atoms with van der Waals surface area (Å²) < 4.78 is 0. The highest BCUT2D eigenvalue weighted by Gasteiger charge is 2.34. The van der Waals surface area contributed by atoms with Crippen molar-refractivity contribution >= 4 is 34.7 Å². The molecule has 7 nitrogen and oxygen atoms in total. The molecule has 1 aliphatic heterocycles. The predicted octanol–water partition coefficient (Wildman–Crippen LogP) is 4.03. The van der Waals surface area contributed by atoms with Gasteiger partial charge in [-0.25, -0.2) is 4.98 Å². The summed E-state index contributed by atoms with van der Waals surface area (Å²) in [7, 11) is 0. The zero-order chi connectivity index (χ0) is 22.0. The molecule has 2 amide bonds.